The largest absolute Gasteiger partial charge is 0.489 e. The van der Waals surface area contributed by atoms with Crippen LogP contribution < -0.4 is 10.1 Å². The Labute approximate surface area is 164 Å². The molecule has 5 heteroatoms. The quantitative estimate of drug-likeness (QED) is 0.464. The average molecular weight is 374 g/mol. The third kappa shape index (κ3) is 6.29. The second-order valence-corrected chi connectivity index (χ2v) is 6.27. The summed E-state index contributed by atoms with van der Waals surface area (Å²) in [5.41, 5.74) is 3.79. The van der Waals surface area contributed by atoms with Crippen molar-refractivity contribution in [1.82, 2.24) is 0 Å². The number of aryl methyl sites for hydroxylation is 1. The van der Waals surface area contributed by atoms with Crippen molar-refractivity contribution in [1.29, 1.82) is 0 Å². The number of oxime groups is 1. The molecule has 0 fully saturated rings. The topological polar surface area (TPSA) is 59.9 Å². The summed E-state index contributed by atoms with van der Waals surface area (Å²) in [5, 5.41) is 6.60. The molecule has 5 nitrogen and oxygen atoms in total. The van der Waals surface area contributed by atoms with Crippen molar-refractivity contribution >= 4 is 17.8 Å². The van der Waals surface area contributed by atoms with Crippen LogP contribution in [0.25, 0.3) is 0 Å². The molecule has 0 saturated heterocycles. The molecule has 0 bridgehead atoms. The van der Waals surface area contributed by atoms with Gasteiger partial charge < -0.3 is 14.9 Å². The Kier molecular flexibility index (Phi) is 6.79. The number of nitrogens with one attached hydrogen (secondary N) is 1. The summed E-state index contributed by atoms with van der Waals surface area (Å²) < 4.78 is 5.74. The van der Waals surface area contributed by atoms with E-state index in [1.165, 1.54) is 0 Å². The van der Waals surface area contributed by atoms with E-state index < -0.39 is 0 Å². The van der Waals surface area contributed by atoms with Crippen molar-refractivity contribution in [3.63, 3.8) is 0 Å². The van der Waals surface area contributed by atoms with Crippen LogP contribution >= 0.6 is 0 Å². The molecule has 0 saturated carbocycles. The molecule has 3 rings (SSSR count). The second kappa shape index (κ2) is 9.92. The number of anilines is 1. The minimum absolute atomic E-state index is 0.150. The predicted molar refractivity (Wildman–Crippen MR) is 111 cm³/mol. The lowest BCUT2D eigenvalue weighted by Crippen LogP contribution is -2.16. The average Bonchev–Trinajstić information content (AvgIpc) is 2.71. The predicted octanol–water partition coefficient (Wildman–Crippen LogP) is 4.56. The van der Waals surface area contributed by atoms with E-state index in [0.29, 0.717) is 6.61 Å². The van der Waals surface area contributed by atoms with Crippen LogP contribution in [0.2, 0.25) is 0 Å². The number of carbonyl (C=O) groups is 1. The Hall–Kier alpha value is -3.60. The Morgan fingerprint density at radius 1 is 1.00 bits per heavy atom. The summed E-state index contributed by atoms with van der Waals surface area (Å²) >= 11 is 0. The highest BCUT2D eigenvalue weighted by Crippen LogP contribution is 2.13. The van der Waals surface area contributed by atoms with Gasteiger partial charge in [-0.3, -0.25) is 4.79 Å². The molecule has 3 aromatic rings. The van der Waals surface area contributed by atoms with E-state index in [1.54, 1.807) is 6.21 Å². The molecule has 1 N–H and O–H groups in total. The van der Waals surface area contributed by atoms with E-state index in [2.05, 4.69) is 10.5 Å². The Morgan fingerprint density at radius 3 is 2.54 bits per heavy atom. The molecular formula is C23H22N2O3. The lowest BCUT2D eigenvalue weighted by Gasteiger charge is -2.06. The standard InChI is InChI=1S/C23H22N2O3/c1-18-6-5-9-21(14-18)25-23(26)17-28-24-15-19-10-12-22(13-11-19)27-16-20-7-3-2-4-8-20/h2-15H,16-17H2,1H3,(H,25,26)/b24-15-. The van der Waals surface area contributed by atoms with E-state index in [0.717, 1.165) is 28.1 Å². The van der Waals surface area contributed by atoms with Crippen LogP contribution in [0, 0.1) is 6.92 Å². The maximum Gasteiger partial charge on any atom is 0.265 e. The van der Waals surface area contributed by atoms with Crippen molar-refractivity contribution in [2.24, 2.45) is 5.16 Å². The lowest BCUT2D eigenvalue weighted by atomic mass is 10.2. The van der Waals surface area contributed by atoms with Gasteiger partial charge >= 0.3 is 0 Å². The normalized spacial score (nSPS) is 10.6. The summed E-state index contributed by atoms with van der Waals surface area (Å²) in [6.45, 7) is 2.34. The van der Waals surface area contributed by atoms with Crippen molar-refractivity contribution in [3.05, 3.63) is 95.6 Å². The molecule has 0 radical (unpaired) electrons. The van der Waals surface area contributed by atoms with Crippen molar-refractivity contribution in [3.8, 4) is 5.75 Å². The van der Waals surface area contributed by atoms with Crippen LogP contribution in [0.4, 0.5) is 5.69 Å². The Morgan fingerprint density at radius 2 is 1.79 bits per heavy atom. The van der Waals surface area contributed by atoms with Crippen LogP contribution in [0.5, 0.6) is 5.75 Å². The number of hydrogen-bond donors (Lipinski definition) is 1. The minimum atomic E-state index is -0.257. The van der Waals surface area contributed by atoms with E-state index in [-0.39, 0.29) is 12.5 Å². The van der Waals surface area contributed by atoms with Gasteiger partial charge in [-0.15, -0.1) is 0 Å². The first-order valence-electron chi connectivity index (χ1n) is 8.98. The first kappa shape index (κ1) is 19.2. The molecule has 0 heterocycles. The number of nitrogens with zero attached hydrogens (tertiary/aromatic N) is 1. The van der Waals surface area contributed by atoms with Gasteiger partial charge in [0.25, 0.3) is 5.91 Å². The number of benzene rings is 3. The van der Waals surface area contributed by atoms with E-state index >= 15 is 0 Å². The molecule has 0 unspecified atom stereocenters. The van der Waals surface area contributed by atoms with Gasteiger partial charge in [-0.25, -0.2) is 0 Å². The first-order chi connectivity index (χ1) is 13.7. The van der Waals surface area contributed by atoms with Crippen LogP contribution in [0.1, 0.15) is 16.7 Å². The number of carbonyl (C=O) groups excluding carboxylic acids is 1. The molecular weight excluding hydrogens is 352 g/mol. The zero-order valence-corrected chi connectivity index (χ0v) is 15.7. The van der Waals surface area contributed by atoms with Crippen LogP contribution in [-0.4, -0.2) is 18.7 Å². The molecule has 0 spiro atoms. The fraction of sp³-hybridized carbons (Fsp3) is 0.130. The summed E-state index contributed by atoms with van der Waals surface area (Å²) in [6.07, 6.45) is 1.56. The number of ether oxygens (including phenoxy) is 1. The van der Waals surface area contributed by atoms with Crippen LogP contribution in [0.3, 0.4) is 0 Å². The molecule has 3 aromatic carbocycles. The summed E-state index contributed by atoms with van der Waals surface area (Å²) in [7, 11) is 0. The number of hydrogen-bond acceptors (Lipinski definition) is 4. The first-order valence-corrected chi connectivity index (χ1v) is 8.98. The van der Waals surface area contributed by atoms with Crippen molar-refractivity contribution in [2.75, 3.05) is 11.9 Å². The summed E-state index contributed by atoms with van der Waals surface area (Å²) in [4.78, 5) is 16.9. The molecule has 28 heavy (non-hydrogen) atoms. The SMILES string of the molecule is Cc1cccc(NC(=O)CO/N=C\c2ccc(OCc3ccccc3)cc2)c1. The van der Waals surface area contributed by atoms with Crippen molar-refractivity contribution in [2.45, 2.75) is 13.5 Å². The van der Waals surface area contributed by atoms with Crippen LogP contribution in [0.15, 0.2) is 84.0 Å². The third-order valence-electron chi connectivity index (χ3n) is 3.90. The van der Waals surface area contributed by atoms with Gasteiger partial charge in [-0.2, -0.15) is 0 Å². The highest BCUT2D eigenvalue weighted by Gasteiger charge is 2.02. The fourth-order valence-electron chi connectivity index (χ4n) is 2.50. The summed E-state index contributed by atoms with van der Waals surface area (Å²) in [6, 6.07) is 25.1. The lowest BCUT2D eigenvalue weighted by molar-refractivity contribution is -0.120. The zero-order valence-electron chi connectivity index (χ0n) is 15.7. The molecule has 1 amide bonds. The highest BCUT2D eigenvalue weighted by molar-refractivity contribution is 5.91. The maximum atomic E-state index is 11.8. The van der Waals surface area contributed by atoms with Crippen LogP contribution in [-0.2, 0) is 16.2 Å². The van der Waals surface area contributed by atoms with Gasteiger partial charge in [-0.05, 0) is 60.0 Å². The van der Waals surface area contributed by atoms with Gasteiger partial charge in [0.15, 0.2) is 6.61 Å². The number of rotatable bonds is 8. The summed E-state index contributed by atoms with van der Waals surface area (Å²) in [5.74, 6) is 0.520. The Bertz CT molecular complexity index is 922. The van der Waals surface area contributed by atoms with Gasteiger partial charge in [0.1, 0.15) is 12.4 Å². The maximum absolute atomic E-state index is 11.8. The second-order valence-electron chi connectivity index (χ2n) is 6.27. The highest BCUT2D eigenvalue weighted by atomic mass is 16.6. The van der Waals surface area contributed by atoms with E-state index in [9.17, 15) is 4.79 Å². The fourth-order valence-corrected chi connectivity index (χ4v) is 2.50. The number of amides is 1. The van der Waals surface area contributed by atoms with E-state index in [4.69, 9.17) is 9.57 Å². The molecule has 0 aliphatic rings. The zero-order chi connectivity index (χ0) is 19.6. The molecule has 142 valence electrons. The molecule has 0 atom stereocenters. The molecule has 0 aromatic heterocycles. The molecule has 0 aliphatic carbocycles. The smallest absolute Gasteiger partial charge is 0.265 e. The molecule has 0 aliphatic heterocycles. The Balaban J connectivity index is 1.41. The van der Waals surface area contributed by atoms with Gasteiger partial charge in [0.05, 0.1) is 6.21 Å². The van der Waals surface area contributed by atoms with Crippen molar-refractivity contribution < 1.29 is 14.4 Å². The minimum Gasteiger partial charge on any atom is -0.489 e. The van der Waals surface area contributed by atoms with Gasteiger partial charge in [-0.1, -0.05) is 47.6 Å². The van der Waals surface area contributed by atoms with E-state index in [1.807, 2.05) is 85.8 Å². The monoisotopic (exact) mass is 374 g/mol. The van der Waals surface area contributed by atoms with Gasteiger partial charge in [0, 0.05) is 5.69 Å². The van der Waals surface area contributed by atoms with Gasteiger partial charge in [0.2, 0.25) is 0 Å². The third-order valence-corrected chi connectivity index (χ3v) is 3.90.